The number of alkyl halides is 3. The molecule has 1 N–H and O–H groups in total. The molecule has 1 aromatic heterocycles. The van der Waals surface area contributed by atoms with Crippen molar-refractivity contribution in [3.8, 4) is 16.9 Å². The molecule has 0 aliphatic carbocycles. The number of halogens is 3. The van der Waals surface area contributed by atoms with E-state index >= 15 is 0 Å². The monoisotopic (exact) mass is 476 g/mol. The zero-order valence-electron chi connectivity index (χ0n) is 18.8. The lowest BCUT2D eigenvalue weighted by Crippen LogP contribution is -2.35. The SMILES string of the molecule is CCN(C(=O)Cn1cncn1)c1c(-c2cc(CC(=O)O)ccc2OC)ccc(C(F)(F)F)c1C. The molecule has 180 valence electrons. The van der Waals surface area contributed by atoms with Gasteiger partial charge >= 0.3 is 12.1 Å². The first-order valence-corrected chi connectivity index (χ1v) is 10.3. The maximum absolute atomic E-state index is 13.8. The minimum atomic E-state index is -4.64. The molecular weight excluding hydrogens is 453 g/mol. The number of rotatable bonds is 8. The number of hydrogen-bond donors (Lipinski definition) is 1. The van der Waals surface area contributed by atoms with Crippen LogP contribution in [0.25, 0.3) is 11.1 Å². The summed E-state index contributed by atoms with van der Waals surface area (Å²) in [5.41, 5.74) is 0.170. The van der Waals surface area contributed by atoms with E-state index < -0.39 is 23.6 Å². The van der Waals surface area contributed by atoms with E-state index in [1.165, 1.54) is 42.3 Å². The number of anilines is 1. The van der Waals surface area contributed by atoms with Crippen molar-refractivity contribution in [2.75, 3.05) is 18.6 Å². The van der Waals surface area contributed by atoms with Crippen LogP contribution >= 0.6 is 0 Å². The van der Waals surface area contributed by atoms with Gasteiger partial charge in [-0.05, 0) is 43.2 Å². The Morgan fingerprint density at radius 2 is 1.91 bits per heavy atom. The van der Waals surface area contributed by atoms with Gasteiger partial charge in [0.05, 0.1) is 24.8 Å². The molecule has 1 amide bonds. The van der Waals surface area contributed by atoms with Crippen LogP contribution in [0.5, 0.6) is 5.75 Å². The number of carboxylic acids is 1. The highest BCUT2D eigenvalue weighted by atomic mass is 19.4. The fourth-order valence-corrected chi connectivity index (χ4v) is 3.82. The molecule has 3 aromatic rings. The van der Waals surface area contributed by atoms with Crippen molar-refractivity contribution in [3.63, 3.8) is 0 Å². The van der Waals surface area contributed by atoms with Crippen LogP contribution < -0.4 is 9.64 Å². The lowest BCUT2D eigenvalue weighted by Gasteiger charge is -2.28. The van der Waals surface area contributed by atoms with Crippen LogP contribution in [0.4, 0.5) is 18.9 Å². The molecule has 3 rings (SSSR count). The summed E-state index contributed by atoms with van der Waals surface area (Å²) in [6.07, 6.45) is -2.33. The topological polar surface area (TPSA) is 97.6 Å². The molecule has 0 aliphatic rings. The second kappa shape index (κ2) is 9.94. The summed E-state index contributed by atoms with van der Waals surface area (Å²) in [6.45, 7) is 2.82. The number of nitrogens with zero attached hydrogens (tertiary/aromatic N) is 4. The summed E-state index contributed by atoms with van der Waals surface area (Å²) >= 11 is 0. The van der Waals surface area contributed by atoms with E-state index in [1.54, 1.807) is 25.1 Å². The summed E-state index contributed by atoms with van der Waals surface area (Å²) in [4.78, 5) is 29.4. The summed E-state index contributed by atoms with van der Waals surface area (Å²) in [5, 5.41) is 13.1. The second-order valence-corrected chi connectivity index (χ2v) is 7.47. The number of carboxylic acid groups (broad SMARTS) is 1. The van der Waals surface area contributed by atoms with E-state index in [4.69, 9.17) is 4.74 Å². The van der Waals surface area contributed by atoms with Gasteiger partial charge in [-0.25, -0.2) is 9.67 Å². The zero-order chi connectivity index (χ0) is 25.0. The first-order valence-electron chi connectivity index (χ1n) is 10.3. The zero-order valence-corrected chi connectivity index (χ0v) is 18.8. The molecular formula is C23H23F3N4O4. The molecule has 0 spiro atoms. The number of amides is 1. The molecule has 0 saturated heterocycles. The van der Waals surface area contributed by atoms with E-state index in [2.05, 4.69) is 10.1 Å². The van der Waals surface area contributed by atoms with Gasteiger partial charge in [0.2, 0.25) is 5.91 Å². The Bertz CT molecular complexity index is 1190. The molecule has 11 heteroatoms. The van der Waals surface area contributed by atoms with Crippen LogP contribution in [-0.4, -0.2) is 45.4 Å². The Kier molecular flexibility index (Phi) is 7.23. The number of ether oxygens (including phenoxy) is 1. The van der Waals surface area contributed by atoms with Crippen molar-refractivity contribution in [2.24, 2.45) is 0 Å². The minimum absolute atomic E-state index is 0.0632. The van der Waals surface area contributed by atoms with Gasteiger partial charge in [-0.15, -0.1) is 0 Å². The standard InChI is InChI=1S/C23H23F3N4O4/c1-4-30(20(31)11-29-13-27-12-28-29)22-14(2)18(23(24,25)26)7-6-16(22)17-9-15(10-21(32)33)5-8-19(17)34-3/h5-9,12-13H,4,10-11H2,1-3H3,(H,32,33). The molecule has 0 saturated carbocycles. The highest BCUT2D eigenvalue weighted by molar-refractivity contribution is 6.00. The predicted molar refractivity (Wildman–Crippen MR) is 118 cm³/mol. The number of aliphatic carboxylic acids is 1. The Labute approximate surface area is 193 Å². The number of carbonyl (C=O) groups is 2. The lowest BCUT2D eigenvalue weighted by molar-refractivity contribution is -0.138. The molecule has 0 atom stereocenters. The fraction of sp³-hybridized carbons (Fsp3) is 0.304. The summed E-state index contributed by atoms with van der Waals surface area (Å²) in [5.74, 6) is -1.22. The quantitative estimate of drug-likeness (QED) is 0.529. The molecule has 1 heterocycles. The van der Waals surface area contributed by atoms with Crippen molar-refractivity contribution >= 4 is 17.6 Å². The summed E-state index contributed by atoms with van der Waals surface area (Å²) in [7, 11) is 1.40. The maximum Gasteiger partial charge on any atom is 0.416 e. The van der Waals surface area contributed by atoms with Crippen LogP contribution in [0.2, 0.25) is 0 Å². The van der Waals surface area contributed by atoms with Crippen molar-refractivity contribution in [1.82, 2.24) is 14.8 Å². The van der Waals surface area contributed by atoms with Crippen LogP contribution in [0, 0.1) is 6.92 Å². The Morgan fingerprint density at radius 3 is 2.47 bits per heavy atom. The first kappa shape index (κ1) is 24.7. The average Bonchev–Trinajstić information content (AvgIpc) is 3.27. The average molecular weight is 476 g/mol. The number of aromatic nitrogens is 3. The molecule has 0 fully saturated rings. The second-order valence-electron chi connectivity index (χ2n) is 7.47. The van der Waals surface area contributed by atoms with Crippen LogP contribution in [0.3, 0.4) is 0 Å². The number of hydrogen-bond acceptors (Lipinski definition) is 5. The normalized spacial score (nSPS) is 11.4. The van der Waals surface area contributed by atoms with Gasteiger partial charge < -0.3 is 14.7 Å². The van der Waals surface area contributed by atoms with Gasteiger partial charge in [-0.1, -0.05) is 12.1 Å². The van der Waals surface area contributed by atoms with Gasteiger partial charge in [-0.2, -0.15) is 18.3 Å². The molecule has 0 unspecified atom stereocenters. The molecule has 0 bridgehead atoms. The Morgan fingerprint density at radius 1 is 1.18 bits per heavy atom. The number of carbonyl (C=O) groups excluding carboxylic acids is 1. The van der Waals surface area contributed by atoms with Crippen molar-refractivity contribution in [2.45, 2.75) is 33.0 Å². The highest BCUT2D eigenvalue weighted by Crippen LogP contribution is 2.44. The molecule has 34 heavy (non-hydrogen) atoms. The lowest BCUT2D eigenvalue weighted by atomic mass is 9.93. The number of benzene rings is 2. The number of likely N-dealkylation sites (N-methyl/N-ethyl adjacent to an activating group) is 1. The van der Waals surface area contributed by atoms with Gasteiger partial charge in [-0.3, -0.25) is 9.59 Å². The molecule has 0 aliphatic heterocycles. The largest absolute Gasteiger partial charge is 0.496 e. The highest BCUT2D eigenvalue weighted by Gasteiger charge is 2.35. The number of methoxy groups -OCH3 is 1. The van der Waals surface area contributed by atoms with Gasteiger partial charge in [0, 0.05) is 17.7 Å². The van der Waals surface area contributed by atoms with E-state index in [1.807, 2.05) is 0 Å². The van der Waals surface area contributed by atoms with E-state index in [0.29, 0.717) is 22.4 Å². The minimum Gasteiger partial charge on any atom is -0.496 e. The van der Waals surface area contributed by atoms with E-state index in [9.17, 15) is 27.9 Å². The predicted octanol–water partition coefficient (Wildman–Crippen LogP) is 3.96. The van der Waals surface area contributed by atoms with E-state index in [-0.39, 0.29) is 30.8 Å². The fourth-order valence-electron chi connectivity index (χ4n) is 3.82. The first-order chi connectivity index (χ1) is 16.1. The summed E-state index contributed by atoms with van der Waals surface area (Å²) < 4.78 is 48.0. The smallest absolute Gasteiger partial charge is 0.416 e. The molecule has 0 radical (unpaired) electrons. The van der Waals surface area contributed by atoms with E-state index in [0.717, 1.165) is 6.07 Å². The van der Waals surface area contributed by atoms with Crippen molar-refractivity contribution < 1.29 is 32.6 Å². The third kappa shape index (κ3) is 5.19. The van der Waals surface area contributed by atoms with Crippen molar-refractivity contribution in [1.29, 1.82) is 0 Å². The van der Waals surface area contributed by atoms with Gasteiger partial charge in [0.25, 0.3) is 0 Å². The Hall–Kier alpha value is -3.89. The van der Waals surface area contributed by atoms with Gasteiger partial charge in [0.15, 0.2) is 0 Å². The maximum atomic E-state index is 13.8. The van der Waals surface area contributed by atoms with Crippen LogP contribution in [0.15, 0.2) is 43.0 Å². The summed E-state index contributed by atoms with van der Waals surface area (Å²) in [6, 6.07) is 6.90. The Balaban J connectivity index is 2.25. The third-order valence-corrected chi connectivity index (χ3v) is 5.30. The van der Waals surface area contributed by atoms with Crippen molar-refractivity contribution in [3.05, 3.63) is 59.7 Å². The van der Waals surface area contributed by atoms with Crippen LogP contribution in [0.1, 0.15) is 23.6 Å². The third-order valence-electron chi connectivity index (χ3n) is 5.30. The molecule has 2 aromatic carbocycles. The van der Waals surface area contributed by atoms with Gasteiger partial charge in [0.1, 0.15) is 24.9 Å². The van der Waals surface area contributed by atoms with Crippen LogP contribution in [-0.2, 0) is 28.7 Å². The molecule has 8 nitrogen and oxygen atoms in total.